The van der Waals surface area contributed by atoms with Crippen molar-refractivity contribution in [2.24, 2.45) is 5.73 Å². The largest absolute Gasteiger partial charge is 0.400 e. The Kier molecular flexibility index (Phi) is 16.4. The van der Waals surface area contributed by atoms with E-state index in [4.69, 9.17) is 22.1 Å². The molecule has 0 fully saturated rings. The summed E-state index contributed by atoms with van der Waals surface area (Å²) in [5.41, 5.74) is 13.4. The molecule has 7 nitrogen and oxygen atoms in total. The average Bonchev–Trinajstić information content (AvgIpc) is 3.01. The van der Waals surface area contributed by atoms with Gasteiger partial charge in [0.05, 0.1) is 16.3 Å². The lowest BCUT2D eigenvalue weighted by Gasteiger charge is -2.30. The zero-order valence-electron chi connectivity index (χ0n) is 24.6. The van der Waals surface area contributed by atoms with E-state index in [1.165, 1.54) is 18.6 Å². The van der Waals surface area contributed by atoms with Gasteiger partial charge >= 0.3 is 0 Å². The zero-order chi connectivity index (χ0) is 31.5. The number of allylic oxidation sites excluding steroid dienone is 2. The van der Waals surface area contributed by atoms with E-state index in [1.807, 2.05) is 56.6 Å². The van der Waals surface area contributed by atoms with Gasteiger partial charge in [0.2, 0.25) is 0 Å². The van der Waals surface area contributed by atoms with Gasteiger partial charge in [-0.3, -0.25) is 9.59 Å². The van der Waals surface area contributed by atoms with Crippen LogP contribution in [0.1, 0.15) is 47.3 Å². The number of hydrogen-bond donors (Lipinski definition) is 3. The third kappa shape index (κ3) is 10.4. The van der Waals surface area contributed by atoms with E-state index in [0.29, 0.717) is 16.3 Å². The molecule has 0 unspecified atom stereocenters. The molecule has 0 heterocycles. The topological polar surface area (TPSA) is 105 Å². The van der Waals surface area contributed by atoms with Crippen LogP contribution in [0.3, 0.4) is 0 Å². The molecule has 0 saturated carbocycles. The Morgan fingerprint density at radius 1 is 1.05 bits per heavy atom. The van der Waals surface area contributed by atoms with Gasteiger partial charge in [0.15, 0.2) is 0 Å². The Bertz CT molecular complexity index is 1390. The second-order valence-corrected chi connectivity index (χ2v) is 9.18. The second-order valence-electron chi connectivity index (χ2n) is 8.77. The molecule has 8 heteroatoms. The maximum Gasteiger partial charge on any atom is 0.257 e. The van der Waals surface area contributed by atoms with Gasteiger partial charge in [0, 0.05) is 29.7 Å². The molecule has 0 atom stereocenters. The lowest BCUT2D eigenvalue weighted by atomic mass is 9.91. The standard InChI is InChI=1S/C27H24ClN3O2.C3H9N.C2H4O.C2H2/c1-31(21-13-8-18(9-14-21)5-4-16-32)26-23-17-20(12-10-19(23)11-15-25(26)29)30-27(33)22-6-2-3-7-24(22)28;1-3-4-2;1-2-3;1-2/h2-10,12-14,16-17H,11,15,29H2,1H3,(H,30,33);4H,3H2,1-2H3;2H,1H3;1-2H/b5-4+;;;. The number of anilines is 2. The molecule has 3 aromatic carbocycles. The monoisotopic (exact) mass is 586 g/mol. The number of carbonyl (C=O) groups is 3. The summed E-state index contributed by atoms with van der Waals surface area (Å²) in [4.78, 5) is 34.2. The second kappa shape index (κ2) is 19.4. The highest BCUT2D eigenvalue weighted by molar-refractivity contribution is 6.34. The molecule has 42 heavy (non-hydrogen) atoms. The summed E-state index contributed by atoms with van der Waals surface area (Å²) < 4.78 is 0. The molecule has 4 rings (SSSR count). The van der Waals surface area contributed by atoms with E-state index in [1.54, 1.807) is 30.3 Å². The van der Waals surface area contributed by atoms with Gasteiger partial charge in [0.1, 0.15) is 12.6 Å². The third-order valence-corrected chi connectivity index (χ3v) is 6.38. The Labute approximate surface area is 254 Å². The highest BCUT2D eigenvalue weighted by Gasteiger charge is 2.22. The number of hydrogen-bond acceptors (Lipinski definition) is 6. The van der Waals surface area contributed by atoms with Crippen molar-refractivity contribution in [2.45, 2.75) is 26.7 Å². The number of amides is 1. The zero-order valence-corrected chi connectivity index (χ0v) is 25.3. The summed E-state index contributed by atoms with van der Waals surface area (Å²) >= 11 is 6.18. The van der Waals surface area contributed by atoms with E-state index in [9.17, 15) is 9.59 Å². The average molecular weight is 587 g/mol. The van der Waals surface area contributed by atoms with Crippen LogP contribution in [-0.2, 0) is 16.0 Å². The first-order valence-corrected chi connectivity index (χ1v) is 13.7. The van der Waals surface area contributed by atoms with Crippen LogP contribution in [0.25, 0.3) is 11.8 Å². The van der Waals surface area contributed by atoms with E-state index >= 15 is 0 Å². The van der Waals surface area contributed by atoms with E-state index < -0.39 is 0 Å². The first-order valence-electron chi connectivity index (χ1n) is 13.3. The molecule has 0 spiro atoms. The minimum Gasteiger partial charge on any atom is -0.400 e. The van der Waals surface area contributed by atoms with Crippen LogP contribution in [0.2, 0.25) is 5.02 Å². The Morgan fingerprint density at radius 2 is 1.67 bits per heavy atom. The molecule has 0 saturated heterocycles. The minimum atomic E-state index is -0.262. The Balaban J connectivity index is 0.000000873. The van der Waals surface area contributed by atoms with Crippen molar-refractivity contribution < 1.29 is 14.4 Å². The van der Waals surface area contributed by atoms with Crippen molar-refractivity contribution in [2.75, 3.05) is 30.9 Å². The quantitative estimate of drug-likeness (QED) is 0.173. The molecule has 1 aliphatic rings. The number of aryl methyl sites for hydroxylation is 1. The molecule has 1 amide bonds. The molecule has 4 N–H and O–H groups in total. The number of nitrogens with one attached hydrogen (secondary N) is 2. The van der Waals surface area contributed by atoms with Gasteiger partial charge in [0.25, 0.3) is 5.91 Å². The number of nitrogens with zero attached hydrogens (tertiary/aromatic N) is 1. The SMILES string of the molecule is C#C.CC=O.CCNC.CN(C1=C(N)CCc2ccc(NC(=O)c3ccccc3Cl)cc21)c1ccc(/C=C/C=O)cc1. The van der Waals surface area contributed by atoms with Crippen LogP contribution >= 0.6 is 11.6 Å². The predicted octanol–water partition coefficient (Wildman–Crippen LogP) is 6.19. The Hall–Kier alpha value is -4.64. The van der Waals surface area contributed by atoms with E-state index in [2.05, 4.69) is 35.3 Å². The molecule has 1 aliphatic carbocycles. The number of nitrogens with two attached hydrogens (primary N) is 1. The molecular weight excluding hydrogens is 548 g/mol. The van der Waals surface area contributed by atoms with Crippen molar-refractivity contribution in [1.29, 1.82) is 0 Å². The number of fused-ring (bicyclic) bond motifs is 1. The van der Waals surface area contributed by atoms with Crippen LogP contribution < -0.4 is 21.3 Å². The number of aldehydes is 2. The molecular formula is C34H39ClN4O3. The highest BCUT2D eigenvalue weighted by atomic mass is 35.5. The first kappa shape index (κ1) is 35.4. The fourth-order valence-electron chi connectivity index (χ4n) is 3.98. The molecule has 3 aromatic rings. The molecule has 0 bridgehead atoms. The molecule has 0 aromatic heterocycles. The van der Waals surface area contributed by atoms with Crippen LogP contribution in [0.5, 0.6) is 0 Å². The lowest BCUT2D eigenvalue weighted by Crippen LogP contribution is -2.24. The summed E-state index contributed by atoms with van der Waals surface area (Å²) in [6, 6.07) is 20.7. The number of benzene rings is 3. The van der Waals surface area contributed by atoms with Gasteiger partial charge in [-0.05, 0) is 87.0 Å². The van der Waals surface area contributed by atoms with Crippen molar-refractivity contribution >= 4 is 53.2 Å². The fourth-order valence-corrected chi connectivity index (χ4v) is 4.20. The number of terminal acetylenes is 1. The van der Waals surface area contributed by atoms with Crippen LogP contribution in [0, 0.1) is 12.8 Å². The van der Waals surface area contributed by atoms with Crippen LogP contribution in [0.4, 0.5) is 11.4 Å². The van der Waals surface area contributed by atoms with Gasteiger partial charge in [-0.2, -0.15) is 0 Å². The summed E-state index contributed by atoms with van der Waals surface area (Å²) in [6.45, 7) is 4.58. The number of rotatable bonds is 7. The molecule has 220 valence electrons. The van der Waals surface area contributed by atoms with Crippen molar-refractivity contribution in [3.8, 4) is 12.8 Å². The van der Waals surface area contributed by atoms with Crippen LogP contribution in [0.15, 0.2) is 78.5 Å². The fraction of sp³-hybridized carbons (Fsp3) is 0.206. The predicted molar refractivity (Wildman–Crippen MR) is 176 cm³/mol. The maximum atomic E-state index is 12.7. The highest BCUT2D eigenvalue weighted by Crippen LogP contribution is 2.35. The summed E-state index contributed by atoms with van der Waals surface area (Å²) in [5.74, 6) is -0.262. The van der Waals surface area contributed by atoms with Gasteiger partial charge in [-0.25, -0.2) is 0 Å². The smallest absolute Gasteiger partial charge is 0.257 e. The first-order chi connectivity index (χ1) is 20.3. The summed E-state index contributed by atoms with van der Waals surface area (Å²) in [6.07, 6.45) is 14.3. The van der Waals surface area contributed by atoms with Crippen LogP contribution in [-0.4, -0.2) is 39.1 Å². The normalized spacial score (nSPS) is 11.3. The van der Waals surface area contributed by atoms with Gasteiger partial charge in [-0.15, -0.1) is 12.8 Å². The van der Waals surface area contributed by atoms with Crippen molar-refractivity contribution in [3.05, 3.63) is 106 Å². The lowest BCUT2D eigenvalue weighted by molar-refractivity contribution is -0.106. The van der Waals surface area contributed by atoms with Crippen molar-refractivity contribution in [1.82, 2.24) is 5.32 Å². The van der Waals surface area contributed by atoms with Crippen molar-refractivity contribution in [3.63, 3.8) is 0 Å². The third-order valence-electron chi connectivity index (χ3n) is 6.05. The summed E-state index contributed by atoms with van der Waals surface area (Å²) in [5, 5.41) is 6.29. The molecule has 0 radical (unpaired) electrons. The summed E-state index contributed by atoms with van der Waals surface area (Å²) in [7, 11) is 3.91. The number of carbonyl (C=O) groups excluding carboxylic acids is 3. The maximum absolute atomic E-state index is 12.7. The van der Waals surface area contributed by atoms with E-state index in [-0.39, 0.29) is 5.91 Å². The van der Waals surface area contributed by atoms with Gasteiger partial charge < -0.3 is 26.1 Å². The number of halogens is 1. The minimum absolute atomic E-state index is 0.262. The van der Waals surface area contributed by atoms with Gasteiger partial charge in [-0.1, -0.05) is 54.9 Å². The Morgan fingerprint density at radius 3 is 2.24 bits per heavy atom. The van der Waals surface area contributed by atoms with E-state index in [0.717, 1.165) is 60.2 Å². The molecule has 0 aliphatic heterocycles.